The van der Waals surface area contributed by atoms with Crippen LogP contribution in [0, 0.1) is 17.3 Å². The Hall–Kier alpha value is -0.0800. The van der Waals surface area contributed by atoms with Crippen LogP contribution in [-0.4, -0.2) is 17.3 Å². The summed E-state index contributed by atoms with van der Waals surface area (Å²) in [5.74, 6) is 1.07. The number of hydrogen-bond donors (Lipinski definition) is 2. The third-order valence-electron chi connectivity index (χ3n) is 4.82. The van der Waals surface area contributed by atoms with E-state index in [0.29, 0.717) is 6.54 Å². The minimum absolute atomic E-state index is 0.0479. The Morgan fingerprint density at radius 2 is 1.87 bits per heavy atom. The minimum Gasteiger partial charge on any atom is -0.389 e. The van der Waals surface area contributed by atoms with Gasteiger partial charge in [-0.15, -0.1) is 0 Å². The zero-order valence-electron chi connectivity index (χ0n) is 10.7. The first kappa shape index (κ1) is 13.0. The van der Waals surface area contributed by atoms with Crippen LogP contribution in [0.2, 0.25) is 0 Å². The molecular formula is C13H27NO. The molecule has 0 spiro atoms. The van der Waals surface area contributed by atoms with E-state index < -0.39 is 5.60 Å². The number of rotatable bonds is 3. The lowest BCUT2D eigenvalue weighted by atomic mass is 9.59. The van der Waals surface area contributed by atoms with Crippen molar-refractivity contribution in [3.05, 3.63) is 0 Å². The van der Waals surface area contributed by atoms with Gasteiger partial charge in [0.05, 0.1) is 5.60 Å². The summed E-state index contributed by atoms with van der Waals surface area (Å²) >= 11 is 0. The van der Waals surface area contributed by atoms with Crippen molar-refractivity contribution >= 4 is 0 Å². The van der Waals surface area contributed by atoms with Crippen LogP contribution in [0.15, 0.2) is 0 Å². The fourth-order valence-electron chi connectivity index (χ4n) is 2.84. The Balaban J connectivity index is 2.85. The smallest absolute Gasteiger partial charge is 0.0710 e. The van der Waals surface area contributed by atoms with Crippen LogP contribution in [0.3, 0.4) is 0 Å². The average Bonchev–Trinajstić information content (AvgIpc) is 2.19. The molecule has 1 saturated carbocycles. The molecule has 90 valence electrons. The molecule has 0 aromatic rings. The maximum Gasteiger partial charge on any atom is 0.0710 e. The van der Waals surface area contributed by atoms with Crippen molar-refractivity contribution in [3.8, 4) is 0 Å². The Morgan fingerprint density at radius 1 is 1.40 bits per heavy atom. The number of aliphatic hydroxyl groups is 1. The molecule has 1 atom stereocenters. The van der Waals surface area contributed by atoms with Gasteiger partial charge in [0.25, 0.3) is 0 Å². The van der Waals surface area contributed by atoms with Crippen molar-refractivity contribution in [1.29, 1.82) is 0 Å². The van der Waals surface area contributed by atoms with Crippen molar-refractivity contribution in [2.75, 3.05) is 6.54 Å². The van der Waals surface area contributed by atoms with Gasteiger partial charge in [0.2, 0.25) is 0 Å². The van der Waals surface area contributed by atoms with Gasteiger partial charge in [0.1, 0.15) is 0 Å². The molecule has 0 amide bonds. The van der Waals surface area contributed by atoms with Crippen molar-refractivity contribution in [3.63, 3.8) is 0 Å². The molecule has 1 unspecified atom stereocenters. The zero-order chi connectivity index (χ0) is 11.7. The highest BCUT2D eigenvalue weighted by Crippen LogP contribution is 2.48. The first-order valence-corrected chi connectivity index (χ1v) is 6.28. The lowest BCUT2D eigenvalue weighted by molar-refractivity contribution is -0.121. The lowest BCUT2D eigenvalue weighted by Crippen LogP contribution is -2.55. The van der Waals surface area contributed by atoms with Gasteiger partial charge in [0, 0.05) is 12.0 Å². The van der Waals surface area contributed by atoms with Gasteiger partial charge in [0.15, 0.2) is 0 Å². The molecule has 2 nitrogen and oxygen atoms in total. The van der Waals surface area contributed by atoms with Gasteiger partial charge >= 0.3 is 0 Å². The van der Waals surface area contributed by atoms with Gasteiger partial charge in [-0.05, 0) is 31.6 Å². The summed E-state index contributed by atoms with van der Waals surface area (Å²) in [5, 5.41) is 10.7. The van der Waals surface area contributed by atoms with E-state index in [1.54, 1.807) is 0 Å². The van der Waals surface area contributed by atoms with Gasteiger partial charge in [-0.3, -0.25) is 0 Å². The normalized spacial score (nSPS) is 36.6. The van der Waals surface area contributed by atoms with Crippen molar-refractivity contribution < 1.29 is 5.11 Å². The van der Waals surface area contributed by atoms with E-state index in [1.807, 2.05) is 6.92 Å². The van der Waals surface area contributed by atoms with Gasteiger partial charge in [-0.1, -0.05) is 33.6 Å². The van der Waals surface area contributed by atoms with E-state index in [1.165, 1.54) is 12.8 Å². The minimum atomic E-state index is -0.623. The molecule has 0 bridgehead atoms. The molecule has 0 aromatic heterocycles. The Kier molecular flexibility index (Phi) is 3.83. The second kappa shape index (κ2) is 4.42. The molecule has 3 N–H and O–H groups in total. The van der Waals surface area contributed by atoms with E-state index >= 15 is 0 Å². The summed E-state index contributed by atoms with van der Waals surface area (Å²) < 4.78 is 0. The van der Waals surface area contributed by atoms with Crippen LogP contribution in [0.25, 0.3) is 0 Å². The number of hydrogen-bond acceptors (Lipinski definition) is 2. The lowest BCUT2D eigenvalue weighted by Gasteiger charge is -2.50. The fourth-order valence-corrected chi connectivity index (χ4v) is 2.84. The van der Waals surface area contributed by atoms with Gasteiger partial charge in [-0.2, -0.15) is 0 Å². The first-order chi connectivity index (χ1) is 6.85. The highest BCUT2D eigenvalue weighted by molar-refractivity contribution is 5.00. The average molecular weight is 213 g/mol. The van der Waals surface area contributed by atoms with Gasteiger partial charge in [-0.25, -0.2) is 0 Å². The second-order valence-electron chi connectivity index (χ2n) is 5.97. The van der Waals surface area contributed by atoms with E-state index in [2.05, 4.69) is 20.8 Å². The van der Waals surface area contributed by atoms with Crippen LogP contribution in [0.1, 0.15) is 53.4 Å². The van der Waals surface area contributed by atoms with Crippen LogP contribution in [0.4, 0.5) is 0 Å². The van der Waals surface area contributed by atoms with E-state index in [-0.39, 0.29) is 11.3 Å². The van der Waals surface area contributed by atoms with E-state index in [0.717, 1.165) is 18.8 Å². The Bertz CT molecular complexity index is 203. The van der Waals surface area contributed by atoms with Gasteiger partial charge < -0.3 is 10.8 Å². The SMILES string of the molecule is CC1CCC(CN)(C(C)(O)C(C)C)CC1. The highest BCUT2D eigenvalue weighted by Gasteiger charge is 2.48. The maximum absolute atomic E-state index is 10.7. The molecule has 1 aliphatic carbocycles. The topological polar surface area (TPSA) is 46.2 Å². The summed E-state index contributed by atoms with van der Waals surface area (Å²) in [7, 11) is 0. The van der Waals surface area contributed by atoms with Crippen LogP contribution < -0.4 is 5.73 Å². The Morgan fingerprint density at radius 3 is 2.20 bits per heavy atom. The predicted octanol–water partition coefficient (Wildman–Crippen LogP) is 2.55. The van der Waals surface area contributed by atoms with Crippen molar-refractivity contribution in [1.82, 2.24) is 0 Å². The molecule has 1 rings (SSSR count). The summed E-state index contributed by atoms with van der Waals surface area (Å²) in [5.41, 5.74) is 5.28. The molecule has 0 aromatic carbocycles. The molecule has 1 aliphatic rings. The van der Waals surface area contributed by atoms with Crippen LogP contribution >= 0.6 is 0 Å². The fraction of sp³-hybridized carbons (Fsp3) is 1.00. The molecular weight excluding hydrogens is 186 g/mol. The molecule has 0 saturated heterocycles. The number of nitrogens with two attached hydrogens (primary N) is 1. The zero-order valence-corrected chi connectivity index (χ0v) is 10.7. The molecule has 2 heteroatoms. The van der Waals surface area contributed by atoms with E-state index in [4.69, 9.17) is 5.73 Å². The summed E-state index contributed by atoms with van der Waals surface area (Å²) in [6.07, 6.45) is 4.58. The standard InChI is InChI=1S/C13H27NO/c1-10(2)12(4,15)13(9-14)7-5-11(3)6-8-13/h10-11,15H,5-9,14H2,1-4H3. The first-order valence-electron chi connectivity index (χ1n) is 6.28. The van der Waals surface area contributed by atoms with Crippen molar-refractivity contribution in [2.45, 2.75) is 59.0 Å². The quantitative estimate of drug-likeness (QED) is 0.757. The monoisotopic (exact) mass is 213 g/mol. The molecule has 0 heterocycles. The van der Waals surface area contributed by atoms with Crippen LogP contribution in [0.5, 0.6) is 0 Å². The molecule has 0 aliphatic heterocycles. The predicted molar refractivity (Wildman–Crippen MR) is 64.6 cm³/mol. The van der Waals surface area contributed by atoms with Crippen molar-refractivity contribution in [2.24, 2.45) is 23.0 Å². The molecule has 15 heavy (non-hydrogen) atoms. The van der Waals surface area contributed by atoms with E-state index in [9.17, 15) is 5.11 Å². The highest BCUT2D eigenvalue weighted by atomic mass is 16.3. The largest absolute Gasteiger partial charge is 0.389 e. The molecule has 0 radical (unpaired) electrons. The maximum atomic E-state index is 10.7. The summed E-state index contributed by atoms with van der Waals surface area (Å²) in [6, 6.07) is 0. The molecule has 1 fully saturated rings. The second-order valence-corrected chi connectivity index (χ2v) is 5.97. The third kappa shape index (κ3) is 2.21. The Labute approximate surface area is 94.2 Å². The third-order valence-corrected chi connectivity index (χ3v) is 4.82. The summed E-state index contributed by atoms with van der Waals surface area (Å²) in [6.45, 7) is 9.07. The summed E-state index contributed by atoms with van der Waals surface area (Å²) in [4.78, 5) is 0. The van der Waals surface area contributed by atoms with Crippen LogP contribution in [-0.2, 0) is 0 Å².